The van der Waals surface area contributed by atoms with E-state index < -0.39 is 17.6 Å². The summed E-state index contributed by atoms with van der Waals surface area (Å²) in [7, 11) is 0. The molecule has 1 amide bonds. The Bertz CT molecular complexity index is 330. The number of nitrogens with zero attached hydrogens (tertiary/aromatic N) is 1. The van der Waals surface area contributed by atoms with Gasteiger partial charge in [0, 0.05) is 19.0 Å². The van der Waals surface area contributed by atoms with Gasteiger partial charge in [0.2, 0.25) is 5.91 Å². The van der Waals surface area contributed by atoms with E-state index in [1.807, 2.05) is 0 Å². The molecule has 2 rings (SSSR count). The summed E-state index contributed by atoms with van der Waals surface area (Å²) in [6.07, 6.45) is 0.915. The molecule has 0 saturated carbocycles. The lowest BCUT2D eigenvalue weighted by atomic mass is 9.89. The van der Waals surface area contributed by atoms with E-state index in [9.17, 15) is 9.59 Å². The first-order chi connectivity index (χ1) is 8.04. The predicted octanol–water partition coefficient (Wildman–Crippen LogP) is -0.520. The number of thioether (sulfide) groups is 1. The van der Waals surface area contributed by atoms with E-state index >= 15 is 0 Å². The van der Waals surface area contributed by atoms with E-state index in [-0.39, 0.29) is 5.91 Å². The average molecular weight is 260 g/mol. The smallest absolute Gasteiger partial charge is 0.327 e. The molecule has 1 unspecified atom stereocenters. The molecule has 2 fully saturated rings. The van der Waals surface area contributed by atoms with Crippen LogP contribution in [0.5, 0.6) is 0 Å². The van der Waals surface area contributed by atoms with E-state index in [0.717, 1.165) is 0 Å². The van der Waals surface area contributed by atoms with E-state index in [4.69, 9.17) is 15.6 Å². The quantitative estimate of drug-likeness (QED) is 0.694. The lowest BCUT2D eigenvalue weighted by Gasteiger charge is -2.36. The number of amides is 1. The highest BCUT2D eigenvalue weighted by atomic mass is 32.2. The second-order valence-corrected chi connectivity index (χ2v) is 5.40. The zero-order valence-electron chi connectivity index (χ0n) is 9.42. The number of rotatable bonds is 2. The number of carboxylic acid groups (broad SMARTS) is 1. The Balaban J connectivity index is 2.10. The summed E-state index contributed by atoms with van der Waals surface area (Å²) in [6, 6.07) is -0.740. The van der Waals surface area contributed by atoms with Crippen molar-refractivity contribution in [1.29, 1.82) is 0 Å². The molecule has 7 heteroatoms. The summed E-state index contributed by atoms with van der Waals surface area (Å²) in [5.41, 5.74) is 5.12. The summed E-state index contributed by atoms with van der Waals surface area (Å²) in [5.74, 6) is -0.360. The van der Waals surface area contributed by atoms with E-state index in [1.165, 1.54) is 16.7 Å². The van der Waals surface area contributed by atoms with Gasteiger partial charge in [-0.2, -0.15) is 0 Å². The minimum Gasteiger partial charge on any atom is -0.480 e. The highest BCUT2D eigenvalue weighted by Gasteiger charge is 2.44. The van der Waals surface area contributed by atoms with Crippen molar-refractivity contribution in [2.45, 2.75) is 24.4 Å². The Kier molecular flexibility index (Phi) is 3.60. The number of carbonyl (C=O) groups excluding carboxylic acids is 1. The maximum Gasteiger partial charge on any atom is 0.327 e. The van der Waals surface area contributed by atoms with Crippen molar-refractivity contribution in [3.8, 4) is 0 Å². The number of hydrogen-bond donors (Lipinski definition) is 2. The molecule has 2 aliphatic heterocycles. The molecular formula is C10H16N2O4S. The third-order valence-electron chi connectivity index (χ3n) is 3.24. The normalized spacial score (nSPS) is 28.1. The monoisotopic (exact) mass is 260 g/mol. The van der Waals surface area contributed by atoms with Crippen LogP contribution in [0.25, 0.3) is 0 Å². The Morgan fingerprint density at radius 3 is 2.65 bits per heavy atom. The summed E-state index contributed by atoms with van der Waals surface area (Å²) >= 11 is 1.45. The predicted molar refractivity (Wildman–Crippen MR) is 62.6 cm³/mol. The molecule has 0 aromatic heterocycles. The Morgan fingerprint density at radius 2 is 2.06 bits per heavy atom. The van der Waals surface area contributed by atoms with Gasteiger partial charge in [-0.15, -0.1) is 11.8 Å². The third-order valence-corrected chi connectivity index (χ3v) is 4.25. The van der Waals surface area contributed by atoms with Gasteiger partial charge in [-0.05, 0) is 12.8 Å². The second kappa shape index (κ2) is 4.83. The Hall–Kier alpha value is -0.790. The molecule has 0 aliphatic carbocycles. The van der Waals surface area contributed by atoms with Crippen LogP contribution in [0.3, 0.4) is 0 Å². The van der Waals surface area contributed by atoms with Gasteiger partial charge in [-0.3, -0.25) is 4.79 Å². The summed E-state index contributed by atoms with van der Waals surface area (Å²) in [5, 5.41) is 9.04. The third kappa shape index (κ3) is 2.41. The number of aliphatic carboxylic acids is 1. The fourth-order valence-corrected chi connectivity index (χ4v) is 3.23. The van der Waals surface area contributed by atoms with Crippen LogP contribution in [0, 0.1) is 0 Å². The molecule has 96 valence electrons. The summed E-state index contributed by atoms with van der Waals surface area (Å²) in [6.45, 7) is 0.919. The van der Waals surface area contributed by atoms with Crippen LogP contribution in [0.4, 0.5) is 0 Å². The Labute approximate surface area is 103 Å². The van der Waals surface area contributed by atoms with Gasteiger partial charge >= 0.3 is 5.97 Å². The van der Waals surface area contributed by atoms with Crippen LogP contribution in [0.15, 0.2) is 0 Å². The number of hydrogen-bond acceptors (Lipinski definition) is 5. The molecule has 6 nitrogen and oxygen atoms in total. The van der Waals surface area contributed by atoms with E-state index in [0.29, 0.717) is 37.7 Å². The van der Waals surface area contributed by atoms with Crippen molar-refractivity contribution in [2.24, 2.45) is 5.73 Å². The van der Waals surface area contributed by atoms with Gasteiger partial charge < -0.3 is 20.5 Å². The van der Waals surface area contributed by atoms with Gasteiger partial charge in [0.05, 0.1) is 11.4 Å². The van der Waals surface area contributed by atoms with Gasteiger partial charge in [-0.25, -0.2) is 4.79 Å². The van der Waals surface area contributed by atoms with Gasteiger partial charge in [-0.1, -0.05) is 0 Å². The van der Waals surface area contributed by atoms with E-state index in [2.05, 4.69) is 0 Å². The van der Waals surface area contributed by atoms with Crippen LogP contribution in [-0.2, 0) is 14.3 Å². The molecule has 2 saturated heterocycles. The van der Waals surface area contributed by atoms with E-state index in [1.54, 1.807) is 0 Å². The highest BCUT2D eigenvalue weighted by Crippen LogP contribution is 2.27. The van der Waals surface area contributed by atoms with Crippen molar-refractivity contribution in [3.63, 3.8) is 0 Å². The second-order valence-electron chi connectivity index (χ2n) is 4.40. The average Bonchev–Trinajstić information content (AvgIpc) is 2.77. The molecule has 0 aromatic rings. The zero-order chi connectivity index (χ0) is 12.5. The fraction of sp³-hybridized carbons (Fsp3) is 0.800. The molecule has 2 heterocycles. The number of nitrogens with two attached hydrogens (primary N) is 1. The topological polar surface area (TPSA) is 92.9 Å². The standard InChI is InChI=1S/C10H16N2O4S/c11-10(1-3-16-4-2-10)9(15)12-6-17-5-7(12)8(13)14/h7H,1-6,11H2,(H,13,14). The van der Waals surface area contributed by atoms with Gasteiger partial charge in [0.15, 0.2) is 0 Å². The minimum atomic E-state index is -0.959. The lowest BCUT2D eigenvalue weighted by Crippen LogP contribution is -2.60. The van der Waals surface area contributed by atoms with Crippen molar-refractivity contribution in [3.05, 3.63) is 0 Å². The summed E-state index contributed by atoms with van der Waals surface area (Å²) < 4.78 is 5.18. The van der Waals surface area contributed by atoms with Crippen LogP contribution in [0.1, 0.15) is 12.8 Å². The lowest BCUT2D eigenvalue weighted by molar-refractivity contribution is -0.151. The fourth-order valence-electron chi connectivity index (χ4n) is 2.08. The van der Waals surface area contributed by atoms with Gasteiger partial charge in [0.1, 0.15) is 6.04 Å². The maximum absolute atomic E-state index is 12.3. The molecular weight excluding hydrogens is 244 g/mol. The molecule has 0 bridgehead atoms. The molecule has 3 N–H and O–H groups in total. The zero-order valence-corrected chi connectivity index (χ0v) is 10.2. The Morgan fingerprint density at radius 1 is 1.41 bits per heavy atom. The molecule has 2 aliphatic rings. The van der Waals surface area contributed by atoms with Crippen molar-refractivity contribution < 1.29 is 19.4 Å². The van der Waals surface area contributed by atoms with Crippen molar-refractivity contribution in [1.82, 2.24) is 4.90 Å². The van der Waals surface area contributed by atoms with Crippen LogP contribution >= 0.6 is 11.8 Å². The minimum absolute atomic E-state index is 0.252. The molecule has 17 heavy (non-hydrogen) atoms. The molecule has 0 aromatic carbocycles. The largest absolute Gasteiger partial charge is 0.480 e. The van der Waals surface area contributed by atoms with Crippen LogP contribution in [-0.4, -0.2) is 58.3 Å². The first kappa shape index (κ1) is 12.7. The first-order valence-electron chi connectivity index (χ1n) is 5.53. The highest BCUT2D eigenvalue weighted by molar-refractivity contribution is 7.99. The first-order valence-corrected chi connectivity index (χ1v) is 6.68. The van der Waals surface area contributed by atoms with Crippen molar-refractivity contribution in [2.75, 3.05) is 24.8 Å². The van der Waals surface area contributed by atoms with Gasteiger partial charge in [0.25, 0.3) is 0 Å². The number of carboxylic acids is 1. The number of carbonyl (C=O) groups is 2. The molecule has 1 atom stereocenters. The summed E-state index contributed by atoms with van der Waals surface area (Å²) in [4.78, 5) is 24.7. The SMILES string of the molecule is NC1(C(=O)N2CSCC2C(=O)O)CCOCC1. The molecule has 0 spiro atoms. The van der Waals surface area contributed by atoms with Crippen LogP contribution in [0.2, 0.25) is 0 Å². The maximum atomic E-state index is 12.3. The van der Waals surface area contributed by atoms with Crippen molar-refractivity contribution >= 4 is 23.6 Å². The number of ether oxygens (including phenoxy) is 1. The van der Waals surface area contributed by atoms with Crippen LogP contribution < -0.4 is 5.73 Å². The molecule has 0 radical (unpaired) electrons.